The number of nitrogens with two attached hydrogens (primary N) is 1. The molecule has 1 rings (SSSR count). The number of nitrogen functional groups attached to an aromatic ring is 1. The predicted octanol–water partition coefficient (Wildman–Crippen LogP) is 2.08. The van der Waals surface area contributed by atoms with Crippen LogP contribution in [0.2, 0.25) is 0 Å². The molecule has 0 fully saturated rings. The van der Waals surface area contributed by atoms with Crippen molar-refractivity contribution in [2.75, 3.05) is 12.3 Å². The molecule has 2 atom stereocenters. The van der Waals surface area contributed by atoms with E-state index in [4.69, 9.17) is 5.73 Å². The zero-order chi connectivity index (χ0) is 12.0. The monoisotopic (exact) mass is 222 g/mol. The van der Waals surface area contributed by atoms with E-state index in [-0.39, 0.29) is 0 Å². The van der Waals surface area contributed by atoms with Gasteiger partial charge in [-0.25, -0.2) is 0 Å². The fraction of sp³-hybridized carbons (Fsp3) is 0.538. The number of aliphatic hydroxyl groups is 1. The van der Waals surface area contributed by atoms with Gasteiger partial charge >= 0.3 is 0 Å². The lowest BCUT2D eigenvalue weighted by atomic mass is 10.1. The molecule has 2 unspecified atom stereocenters. The Balaban J connectivity index is 2.38. The van der Waals surface area contributed by atoms with Crippen LogP contribution in [0, 0.1) is 0 Å². The van der Waals surface area contributed by atoms with E-state index < -0.39 is 6.10 Å². The Bertz CT molecular complexity index is 315. The van der Waals surface area contributed by atoms with Crippen LogP contribution in [0.3, 0.4) is 0 Å². The molecule has 4 N–H and O–H groups in total. The molecule has 0 radical (unpaired) electrons. The summed E-state index contributed by atoms with van der Waals surface area (Å²) in [7, 11) is 0. The van der Waals surface area contributed by atoms with E-state index in [0.717, 1.165) is 18.5 Å². The molecule has 0 aromatic heterocycles. The van der Waals surface area contributed by atoms with Gasteiger partial charge in [-0.05, 0) is 44.0 Å². The Hall–Kier alpha value is -1.06. The van der Waals surface area contributed by atoms with Gasteiger partial charge in [-0.1, -0.05) is 19.1 Å². The van der Waals surface area contributed by atoms with Gasteiger partial charge in [0.05, 0.1) is 6.10 Å². The normalized spacial score (nSPS) is 14.7. The van der Waals surface area contributed by atoms with Crippen molar-refractivity contribution in [3.63, 3.8) is 0 Å². The van der Waals surface area contributed by atoms with Crippen LogP contribution in [-0.4, -0.2) is 17.7 Å². The number of hydrogen-bond donors (Lipinski definition) is 3. The fourth-order valence-electron chi connectivity index (χ4n) is 1.54. The topological polar surface area (TPSA) is 58.3 Å². The van der Waals surface area contributed by atoms with Crippen LogP contribution in [0.4, 0.5) is 5.69 Å². The number of hydrogen-bond acceptors (Lipinski definition) is 3. The largest absolute Gasteiger partial charge is 0.399 e. The highest BCUT2D eigenvalue weighted by atomic mass is 16.3. The molecule has 0 aliphatic rings. The Labute approximate surface area is 97.7 Å². The minimum absolute atomic E-state index is 0.431. The highest BCUT2D eigenvalue weighted by Gasteiger charge is 2.07. The molecule has 0 spiro atoms. The zero-order valence-corrected chi connectivity index (χ0v) is 10.1. The minimum Gasteiger partial charge on any atom is -0.399 e. The summed E-state index contributed by atoms with van der Waals surface area (Å²) >= 11 is 0. The van der Waals surface area contributed by atoms with Crippen LogP contribution in [0.25, 0.3) is 0 Å². The van der Waals surface area contributed by atoms with Crippen molar-refractivity contribution in [3.8, 4) is 0 Å². The van der Waals surface area contributed by atoms with E-state index in [1.54, 1.807) is 0 Å². The summed E-state index contributed by atoms with van der Waals surface area (Å²) in [6, 6.07) is 7.94. The average molecular weight is 222 g/mol. The van der Waals surface area contributed by atoms with Crippen molar-refractivity contribution in [1.29, 1.82) is 0 Å². The lowest BCUT2D eigenvalue weighted by Gasteiger charge is -2.15. The van der Waals surface area contributed by atoms with Gasteiger partial charge in [-0.3, -0.25) is 0 Å². The summed E-state index contributed by atoms with van der Waals surface area (Å²) in [5.74, 6) is 0. The van der Waals surface area contributed by atoms with Crippen molar-refractivity contribution in [1.82, 2.24) is 5.32 Å². The van der Waals surface area contributed by atoms with E-state index in [1.165, 1.54) is 0 Å². The van der Waals surface area contributed by atoms with E-state index in [2.05, 4.69) is 19.2 Å². The second-order valence-corrected chi connectivity index (χ2v) is 4.24. The van der Waals surface area contributed by atoms with Crippen molar-refractivity contribution >= 4 is 5.69 Å². The lowest BCUT2D eigenvalue weighted by molar-refractivity contribution is 0.165. The summed E-state index contributed by atoms with van der Waals surface area (Å²) in [5.41, 5.74) is 7.26. The van der Waals surface area contributed by atoms with Crippen LogP contribution >= 0.6 is 0 Å². The van der Waals surface area contributed by atoms with Crippen LogP contribution < -0.4 is 11.1 Å². The van der Waals surface area contributed by atoms with Crippen molar-refractivity contribution in [2.45, 2.75) is 38.8 Å². The van der Waals surface area contributed by atoms with E-state index in [1.807, 2.05) is 24.3 Å². The molecule has 0 saturated carbocycles. The summed E-state index contributed by atoms with van der Waals surface area (Å²) in [5, 5.41) is 13.3. The highest BCUT2D eigenvalue weighted by Crippen LogP contribution is 2.18. The summed E-state index contributed by atoms with van der Waals surface area (Å²) in [6.45, 7) is 5.11. The summed E-state index contributed by atoms with van der Waals surface area (Å²) < 4.78 is 0. The van der Waals surface area contributed by atoms with Crippen molar-refractivity contribution in [2.24, 2.45) is 0 Å². The number of aliphatic hydroxyl groups excluding tert-OH is 1. The van der Waals surface area contributed by atoms with Gasteiger partial charge in [0.25, 0.3) is 0 Å². The third-order valence-electron chi connectivity index (χ3n) is 2.82. The predicted molar refractivity (Wildman–Crippen MR) is 68.2 cm³/mol. The Morgan fingerprint density at radius 2 is 2.19 bits per heavy atom. The molecule has 0 bridgehead atoms. The second-order valence-electron chi connectivity index (χ2n) is 4.24. The van der Waals surface area contributed by atoms with Crippen LogP contribution in [0.1, 0.15) is 38.4 Å². The first-order chi connectivity index (χ1) is 7.63. The standard InChI is InChI=1S/C13H22N2O/c1-3-10(2)15-8-7-13(16)11-5-4-6-12(14)9-11/h4-6,9-10,13,15-16H,3,7-8,14H2,1-2H3. The maximum absolute atomic E-state index is 9.93. The maximum Gasteiger partial charge on any atom is 0.0802 e. The maximum atomic E-state index is 9.93. The molecule has 1 aromatic carbocycles. The van der Waals surface area contributed by atoms with Gasteiger partial charge in [0.2, 0.25) is 0 Å². The molecule has 3 nitrogen and oxygen atoms in total. The first-order valence-electron chi connectivity index (χ1n) is 5.90. The van der Waals surface area contributed by atoms with Crippen LogP contribution in [0.5, 0.6) is 0 Å². The fourth-order valence-corrected chi connectivity index (χ4v) is 1.54. The number of benzene rings is 1. The summed E-state index contributed by atoms with van der Waals surface area (Å²) in [4.78, 5) is 0. The SMILES string of the molecule is CCC(C)NCCC(O)c1cccc(N)c1. The molecule has 0 amide bonds. The zero-order valence-electron chi connectivity index (χ0n) is 10.1. The third-order valence-corrected chi connectivity index (χ3v) is 2.82. The molecular formula is C13H22N2O. The van der Waals surface area contributed by atoms with Crippen molar-refractivity contribution in [3.05, 3.63) is 29.8 Å². The van der Waals surface area contributed by atoms with Gasteiger partial charge in [0.1, 0.15) is 0 Å². The molecule has 16 heavy (non-hydrogen) atoms. The third kappa shape index (κ3) is 4.21. The van der Waals surface area contributed by atoms with Crippen LogP contribution in [0.15, 0.2) is 24.3 Å². The lowest BCUT2D eigenvalue weighted by Crippen LogP contribution is -2.27. The quantitative estimate of drug-likeness (QED) is 0.646. The molecule has 90 valence electrons. The van der Waals surface area contributed by atoms with E-state index in [9.17, 15) is 5.11 Å². The van der Waals surface area contributed by atoms with Crippen LogP contribution in [-0.2, 0) is 0 Å². The molecule has 0 aliphatic carbocycles. The molecule has 0 heterocycles. The highest BCUT2D eigenvalue weighted by molar-refractivity contribution is 5.41. The smallest absolute Gasteiger partial charge is 0.0802 e. The number of nitrogens with one attached hydrogen (secondary N) is 1. The first-order valence-corrected chi connectivity index (χ1v) is 5.90. The van der Waals surface area contributed by atoms with Gasteiger partial charge < -0.3 is 16.2 Å². The van der Waals surface area contributed by atoms with Gasteiger partial charge in [-0.15, -0.1) is 0 Å². The number of rotatable bonds is 6. The van der Waals surface area contributed by atoms with E-state index >= 15 is 0 Å². The Morgan fingerprint density at radius 3 is 2.81 bits per heavy atom. The number of anilines is 1. The second kappa shape index (κ2) is 6.51. The minimum atomic E-state index is -0.431. The molecule has 0 aliphatic heterocycles. The Kier molecular flexibility index (Phi) is 5.29. The van der Waals surface area contributed by atoms with Gasteiger partial charge in [0.15, 0.2) is 0 Å². The molecule has 3 heteroatoms. The summed E-state index contributed by atoms with van der Waals surface area (Å²) in [6.07, 6.45) is 1.39. The first kappa shape index (κ1) is 13.0. The average Bonchev–Trinajstić information content (AvgIpc) is 2.28. The molecule has 0 saturated heterocycles. The molecule has 1 aromatic rings. The van der Waals surface area contributed by atoms with Crippen molar-refractivity contribution < 1.29 is 5.11 Å². The van der Waals surface area contributed by atoms with Gasteiger partial charge in [0, 0.05) is 11.7 Å². The molecular weight excluding hydrogens is 200 g/mol. The van der Waals surface area contributed by atoms with E-state index in [0.29, 0.717) is 18.2 Å². The Morgan fingerprint density at radius 1 is 1.44 bits per heavy atom. The van der Waals surface area contributed by atoms with Gasteiger partial charge in [-0.2, -0.15) is 0 Å².